The molecule has 0 aliphatic carbocycles. The number of halogens is 2. The van der Waals surface area contributed by atoms with Crippen LogP contribution in [0.1, 0.15) is 20.9 Å². The van der Waals surface area contributed by atoms with Crippen LogP contribution < -0.4 is 0 Å². The highest BCUT2D eigenvalue weighted by atomic mass is 35.5. The van der Waals surface area contributed by atoms with E-state index in [1.807, 2.05) is 12.3 Å². The molecular weight excluding hydrogens is 307 g/mol. The molecule has 0 unspecified atom stereocenters. The molecule has 4 nitrogen and oxygen atoms in total. The van der Waals surface area contributed by atoms with Crippen molar-refractivity contribution in [2.24, 2.45) is 0 Å². The fourth-order valence-corrected chi connectivity index (χ4v) is 3.07. The van der Waals surface area contributed by atoms with E-state index in [2.05, 4.69) is 5.10 Å². The molecule has 0 fully saturated rings. The second kappa shape index (κ2) is 6.05. The fourth-order valence-electron chi connectivity index (χ4n) is 1.63. The van der Waals surface area contributed by atoms with E-state index in [0.717, 1.165) is 5.56 Å². The maximum atomic E-state index is 12.5. The number of thiophene rings is 1. The standard InChI is InChI=1S/C12H12Cl2N2O2S/c1-7-6-19-12(9(7)14)11(17)10-8(13)5-15-16(10)3-4-18-2/h5-6H,3-4H2,1-2H3. The molecule has 2 aromatic heterocycles. The van der Waals surface area contributed by atoms with Gasteiger partial charge in [-0.3, -0.25) is 9.48 Å². The molecule has 0 saturated heterocycles. The average Bonchev–Trinajstić information content (AvgIpc) is 2.91. The highest BCUT2D eigenvalue weighted by Crippen LogP contribution is 2.31. The SMILES string of the molecule is COCCn1ncc(Cl)c1C(=O)c1scc(C)c1Cl. The summed E-state index contributed by atoms with van der Waals surface area (Å²) in [5.74, 6) is -0.207. The molecule has 7 heteroatoms. The topological polar surface area (TPSA) is 44.1 Å². The van der Waals surface area contributed by atoms with E-state index in [-0.39, 0.29) is 5.78 Å². The van der Waals surface area contributed by atoms with Crippen molar-refractivity contribution in [3.05, 3.63) is 37.8 Å². The first-order chi connectivity index (χ1) is 9.06. The molecule has 0 aliphatic rings. The minimum absolute atomic E-state index is 0.207. The molecule has 0 aromatic carbocycles. The molecule has 2 rings (SSSR count). The minimum atomic E-state index is -0.207. The van der Waals surface area contributed by atoms with Crippen molar-refractivity contribution < 1.29 is 9.53 Å². The monoisotopic (exact) mass is 318 g/mol. The summed E-state index contributed by atoms with van der Waals surface area (Å²) in [5, 5.41) is 6.73. The number of aryl methyl sites for hydroxylation is 1. The summed E-state index contributed by atoms with van der Waals surface area (Å²) in [5.41, 5.74) is 1.23. The van der Waals surface area contributed by atoms with Gasteiger partial charge in [0.1, 0.15) is 5.69 Å². The van der Waals surface area contributed by atoms with Gasteiger partial charge in [-0.2, -0.15) is 5.10 Å². The molecule has 0 aliphatic heterocycles. The first kappa shape index (κ1) is 14.5. The number of carbonyl (C=O) groups is 1. The highest BCUT2D eigenvalue weighted by molar-refractivity contribution is 7.13. The highest BCUT2D eigenvalue weighted by Gasteiger charge is 2.23. The molecule has 0 N–H and O–H groups in total. The Kier molecular flexibility index (Phi) is 4.62. The van der Waals surface area contributed by atoms with E-state index in [4.69, 9.17) is 27.9 Å². The largest absolute Gasteiger partial charge is 0.383 e. The molecule has 0 spiro atoms. The van der Waals surface area contributed by atoms with Crippen molar-refractivity contribution in [3.8, 4) is 0 Å². The lowest BCUT2D eigenvalue weighted by Gasteiger charge is -2.06. The van der Waals surface area contributed by atoms with Crippen LogP contribution in [0.5, 0.6) is 0 Å². The second-order valence-corrected chi connectivity index (χ2v) is 5.61. The number of aromatic nitrogens is 2. The number of rotatable bonds is 5. The summed E-state index contributed by atoms with van der Waals surface area (Å²) in [6, 6.07) is 0. The second-order valence-electron chi connectivity index (χ2n) is 3.95. The van der Waals surface area contributed by atoms with Gasteiger partial charge in [0.05, 0.1) is 34.3 Å². The fraction of sp³-hybridized carbons (Fsp3) is 0.333. The van der Waals surface area contributed by atoms with Crippen molar-refractivity contribution in [1.82, 2.24) is 9.78 Å². The van der Waals surface area contributed by atoms with Crippen LogP contribution in [0.25, 0.3) is 0 Å². The Balaban J connectivity index is 2.38. The predicted octanol–water partition coefficient (Wildman–Crippen LogP) is 3.44. The number of ketones is 1. The summed E-state index contributed by atoms with van der Waals surface area (Å²) in [6.07, 6.45) is 1.46. The lowest BCUT2D eigenvalue weighted by molar-refractivity contribution is 0.102. The van der Waals surface area contributed by atoms with Crippen LogP contribution in [0, 0.1) is 6.92 Å². The average molecular weight is 319 g/mol. The third-order valence-corrected chi connectivity index (χ3v) is 4.59. The Labute approximate surface area is 124 Å². The van der Waals surface area contributed by atoms with Gasteiger partial charge in [0, 0.05) is 7.11 Å². The van der Waals surface area contributed by atoms with Crippen LogP contribution in [-0.4, -0.2) is 29.3 Å². The van der Waals surface area contributed by atoms with Gasteiger partial charge in [0.25, 0.3) is 0 Å². The number of hydrogen-bond donors (Lipinski definition) is 0. The summed E-state index contributed by atoms with van der Waals surface area (Å²) in [4.78, 5) is 13.0. The summed E-state index contributed by atoms with van der Waals surface area (Å²) >= 11 is 13.5. The maximum absolute atomic E-state index is 12.5. The number of hydrogen-bond acceptors (Lipinski definition) is 4. The van der Waals surface area contributed by atoms with Gasteiger partial charge in [-0.15, -0.1) is 11.3 Å². The first-order valence-corrected chi connectivity index (χ1v) is 7.18. The Morgan fingerprint density at radius 2 is 2.26 bits per heavy atom. The molecule has 2 heterocycles. The zero-order chi connectivity index (χ0) is 14.0. The van der Waals surface area contributed by atoms with Crippen LogP contribution in [0.2, 0.25) is 10.0 Å². The van der Waals surface area contributed by atoms with Crippen molar-refractivity contribution in [1.29, 1.82) is 0 Å². The van der Waals surface area contributed by atoms with E-state index in [1.165, 1.54) is 17.5 Å². The van der Waals surface area contributed by atoms with E-state index in [0.29, 0.717) is 33.8 Å². The Hall–Kier alpha value is -0.880. The third kappa shape index (κ3) is 2.84. The molecule has 0 saturated carbocycles. The van der Waals surface area contributed by atoms with Crippen molar-refractivity contribution >= 4 is 40.3 Å². The molecule has 2 aromatic rings. The maximum Gasteiger partial charge on any atom is 0.223 e. The van der Waals surface area contributed by atoms with Crippen LogP contribution in [-0.2, 0) is 11.3 Å². The Bertz CT molecular complexity index is 607. The van der Waals surface area contributed by atoms with Crippen LogP contribution in [0.4, 0.5) is 0 Å². The van der Waals surface area contributed by atoms with Gasteiger partial charge < -0.3 is 4.74 Å². The van der Waals surface area contributed by atoms with Crippen LogP contribution in [0.15, 0.2) is 11.6 Å². The Morgan fingerprint density at radius 3 is 2.84 bits per heavy atom. The van der Waals surface area contributed by atoms with E-state index in [9.17, 15) is 4.79 Å². The third-order valence-electron chi connectivity index (χ3n) is 2.62. The van der Waals surface area contributed by atoms with Gasteiger partial charge in [-0.05, 0) is 17.9 Å². The van der Waals surface area contributed by atoms with Crippen molar-refractivity contribution in [3.63, 3.8) is 0 Å². The quantitative estimate of drug-likeness (QED) is 0.793. The first-order valence-electron chi connectivity index (χ1n) is 5.54. The minimum Gasteiger partial charge on any atom is -0.383 e. The van der Waals surface area contributed by atoms with Gasteiger partial charge in [-0.1, -0.05) is 23.2 Å². The van der Waals surface area contributed by atoms with E-state index in [1.54, 1.807) is 11.8 Å². The Morgan fingerprint density at radius 1 is 1.53 bits per heavy atom. The molecule has 19 heavy (non-hydrogen) atoms. The van der Waals surface area contributed by atoms with Gasteiger partial charge in [0.2, 0.25) is 5.78 Å². The molecule has 0 atom stereocenters. The molecular formula is C12H12Cl2N2O2S. The zero-order valence-electron chi connectivity index (χ0n) is 10.4. The van der Waals surface area contributed by atoms with Gasteiger partial charge >= 0.3 is 0 Å². The molecule has 0 radical (unpaired) electrons. The predicted molar refractivity (Wildman–Crippen MR) is 76.6 cm³/mol. The lowest BCUT2D eigenvalue weighted by Crippen LogP contribution is -2.14. The normalized spacial score (nSPS) is 10.9. The van der Waals surface area contributed by atoms with Crippen LogP contribution in [0.3, 0.4) is 0 Å². The summed E-state index contributed by atoms with van der Waals surface area (Å²) in [6.45, 7) is 2.78. The summed E-state index contributed by atoms with van der Waals surface area (Å²) < 4.78 is 6.53. The molecule has 0 bridgehead atoms. The summed E-state index contributed by atoms with van der Waals surface area (Å²) in [7, 11) is 1.59. The zero-order valence-corrected chi connectivity index (χ0v) is 12.8. The number of carbonyl (C=O) groups excluding carboxylic acids is 1. The van der Waals surface area contributed by atoms with Crippen molar-refractivity contribution in [2.45, 2.75) is 13.5 Å². The molecule has 0 amide bonds. The lowest BCUT2D eigenvalue weighted by atomic mass is 10.2. The van der Waals surface area contributed by atoms with Gasteiger partial charge in [0.15, 0.2) is 0 Å². The number of methoxy groups -OCH3 is 1. The van der Waals surface area contributed by atoms with Crippen molar-refractivity contribution in [2.75, 3.05) is 13.7 Å². The van der Waals surface area contributed by atoms with Crippen LogP contribution >= 0.6 is 34.5 Å². The van der Waals surface area contributed by atoms with E-state index >= 15 is 0 Å². The smallest absolute Gasteiger partial charge is 0.223 e. The molecule has 102 valence electrons. The van der Waals surface area contributed by atoms with Gasteiger partial charge in [-0.25, -0.2) is 0 Å². The number of ether oxygens (including phenoxy) is 1. The number of nitrogens with zero attached hydrogens (tertiary/aromatic N) is 2. The van der Waals surface area contributed by atoms with E-state index < -0.39 is 0 Å².